The van der Waals surface area contributed by atoms with Gasteiger partial charge in [0.05, 0.1) is 12.2 Å². The van der Waals surface area contributed by atoms with Gasteiger partial charge in [-0.2, -0.15) is 0 Å². The van der Waals surface area contributed by atoms with Crippen LogP contribution >= 0.6 is 0 Å². The summed E-state index contributed by atoms with van der Waals surface area (Å²) >= 11 is 0. The maximum absolute atomic E-state index is 10.8. The molecular weight excluding hydrogens is 368 g/mol. The highest BCUT2D eigenvalue weighted by Gasteiger charge is 2.57. The molecule has 0 spiro atoms. The first-order chi connectivity index (χ1) is 14.1. The highest BCUT2D eigenvalue weighted by Crippen LogP contribution is 2.66. The van der Waals surface area contributed by atoms with Crippen LogP contribution < -0.4 is 0 Å². The second-order valence-corrected chi connectivity index (χ2v) is 12.4. The van der Waals surface area contributed by atoms with E-state index in [9.17, 15) is 10.2 Å². The van der Waals surface area contributed by atoms with Gasteiger partial charge in [0.2, 0.25) is 0 Å². The first-order valence-electron chi connectivity index (χ1n) is 12.8. The molecule has 3 fully saturated rings. The van der Waals surface area contributed by atoms with Crippen LogP contribution in [0.25, 0.3) is 0 Å². The normalized spacial score (nSPS) is 43.8. The zero-order chi connectivity index (χ0) is 21.8. The lowest BCUT2D eigenvalue weighted by Crippen LogP contribution is -2.46. The van der Waals surface area contributed by atoms with Crippen molar-refractivity contribution in [1.82, 2.24) is 0 Å². The molecule has 4 aliphatic rings. The molecule has 2 heteroatoms. The number of aliphatic hydroxyl groups is 2. The second kappa shape index (κ2) is 8.07. The Morgan fingerprint density at radius 3 is 2.40 bits per heavy atom. The summed E-state index contributed by atoms with van der Waals surface area (Å²) in [4.78, 5) is 0. The molecule has 0 amide bonds. The number of hydrogen-bond acceptors (Lipinski definition) is 2. The SMILES string of the molecule is CC(C)C(C)C(O)CC(C)C1CCC2C3=CC=C4CC(O)CCC4(C)C3CCC21C. The number of aliphatic hydroxyl groups excluding tert-OH is 2. The smallest absolute Gasteiger partial charge is 0.0578 e. The molecular formula is C28H46O2. The van der Waals surface area contributed by atoms with E-state index < -0.39 is 0 Å². The quantitative estimate of drug-likeness (QED) is 0.537. The van der Waals surface area contributed by atoms with Gasteiger partial charge in [-0.15, -0.1) is 0 Å². The first kappa shape index (κ1) is 22.6. The number of allylic oxidation sites excluding steroid dienone is 3. The third-order valence-electron chi connectivity index (χ3n) is 10.6. The van der Waals surface area contributed by atoms with Gasteiger partial charge < -0.3 is 10.2 Å². The van der Waals surface area contributed by atoms with Gasteiger partial charge in [-0.1, -0.05) is 64.8 Å². The maximum Gasteiger partial charge on any atom is 0.0578 e. The molecule has 0 aromatic carbocycles. The van der Waals surface area contributed by atoms with Crippen molar-refractivity contribution in [2.24, 2.45) is 46.3 Å². The second-order valence-electron chi connectivity index (χ2n) is 12.4. The van der Waals surface area contributed by atoms with E-state index in [1.165, 1.54) is 31.3 Å². The van der Waals surface area contributed by atoms with E-state index in [0.717, 1.165) is 31.6 Å². The Balaban J connectivity index is 1.54. The van der Waals surface area contributed by atoms with E-state index in [-0.39, 0.29) is 17.6 Å². The minimum Gasteiger partial charge on any atom is -0.393 e. The molecule has 9 unspecified atom stereocenters. The highest BCUT2D eigenvalue weighted by atomic mass is 16.3. The molecule has 4 rings (SSSR count). The van der Waals surface area contributed by atoms with Crippen LogP contribution in [0.3, 0.4) is 0 Å². The first-order valence-corrected chi connectivity index (χ1v) is 12.8. The predicted octanol–water partition coefficient (Wildman–Crippen LogP) is 6.53. The van der Waals surface area contributed by atoms with E-state index in [4.69, 9.17) is 0 Å². The van der Waals surface area contributed by atoms with Gasteiger partial charge in [-0.3, -0.25) is 0 Å². The van der Waals surface area contributed by atoms with Crippen molar-refractivity contribution in [3.63, 3.8) is 0 Å². The van der Waals surface area contributed by atoms with Crippen molar-refractivity contribution < 1.29 is 10.2 Å². The molecule has 9 atom stereocenters. The molecule has 0 aromatic rings. The van der Waals surface area contributed by atoms with Gasteiger partial charge in [-0.05, 0) is 97.7 Å². The van der Waals surface area contributed by atoms with Crippen LogP contribution in [-0.4, -0.2) is 22.4 Å². The molecule has 30 heavy (non-hydrogen) atoms. The number of fused-ring (bicyclic) bond motifs is 5. The lowest BCUT2D eigenvalue weighted by Gasteiger charge is -2.55. The summed E-state index contributed by atoms with van der Waals surface area (Å²) in [6, 6.07) is 0. The lowest BCUT2D eigenvalue weighted by molar-refractivity contribution is 0.0133. The van der Waals surface area contributed by atoms with E-state index in [1.54, 1.807) is 5.57 Å². The van der Waals surface area contributed by atoms with Crippen LogP contribution in [0.1, 0.15) is 92.9 Å². The van der Waals surface area contributed by atoms with Crippen molar-refractivity contribution in [2.45, 2.75) is 105 Å². The molecule has 2 N–H and O–H groups in total. The Kier molecular flexibility index (Phi) is 6.08. The zero-order valence-electron chi connectivity index (χ0n) is 20.3. The average molecular weight is 415 g/mol. The number of rotatable bonds is 5. The Morgan fingerprint density at radius 2 is 1.70 bits per heavy atom. The molecule has 0 aliphatic heterocycles. The van der Waals surface area contributed by atoms with Gasteiger partial charge in [-0.25, -0.2) is 0 Å². The summed E-state index contributed by atoms with van der Waals surface area (Å²) in [5.41, 5.74) is 3.90. The maximum atomic E-state index is 10.8. The largest absolute Gasteiger partial charge is 0.393 e. The van der Waals surface area contributed by atoms with Crippen LogP contribution in [0.15, 0.2) is 23.3 Å². The molecule has 3 saturated carbocycles. The van der Waals surface area contributed by atoms with Gasteiger partial charge in [0.15, 0.2) is 0 Å². The lowest BCUT2D eigenvalue weighted by atomic mass is 9.50. The molecule has 0 aromatic heterocycles. The molecule has 0 saturated heterocycles. The van der Waals surface area contributed by atoms with E-state index in [0.29, 0.717) is 35.0 Å². The molecule has 0 heterocycles. The molecule has 0 bridgehead atoms. The highest BCUT2D eigenvalue weighted by molar-refractivity contribution is 5.38. The summed E-state index contributed by atoms with van der Waals surface area (Å²) < 4.78 is 0. The fraction of sp³-hybridized carbons (Fsp3) is 0.857. The minimum absolute atomic E-state index is 0.135. The third kappa shape index (κ3) is 3.54. The standard InChI is InChI=1S/C28H46O2/c1-17(2)19(4)26(30)15-18(3)23-9-10-24-22-8-7-20-16-21(29)11-13-27(20,5)25(22)12-14-28(23,24)6/h7-8,17-19,21,23-26,29-30H,9-16H2,1-6H3. The van der Waals surface area contributed by atoms with Crippen LogP contribution in [0, 0.1) is 46.3 Å². The summed E-state index contributed by atoms with van der Waals surface area (Å²) in [5.74, 6) is 3.62. The molecule has 4 aliphatic carbocycles. The third-order valence-corrected chi connectivity index (χ3v) is 10.6. The van der Waals surface area contributed by atoms with Crippen molar-refractivity contribution in [2.75, 3.05) is 0 Å². The van der Waals surface area contributed by atoms with Crippen molar-refractivity contribution in [3.05, 3.63) is 23.3 Å². The predicted molar refractivity (Wildman–Crippen MR) is 125 cm³/mol. The molecule has 170 valence electrons. The fourth-order valence-electron chi connectivity index (χ4n) is 8.16. The Hall–Kier alpha value is -0.600. The van der Waals surface area contributed by atoms with E-state index in [1.807, 2.05) is 0 Å². The monoisotopic (exact) mass is 414 g/mol. The van der Waals surface area contributed by atoms with Crippen molar-refractivity contribution in [3.8, 4) is 0 Å². The fourth-order valence-corrected chi connectivity index (χ4v) is 8.16. The number of hydrogen-bond donors (Lipinski definition) is 2. The summed E-state index contributed by atoms with van der Waals surface area (Å²) in [5, 5.41) is 21.0. The van der Waals surface area contributed by atoms with Gasteiger partial charge in [0, 0.05) is 0 Å². The van der Waals surface area contributed by atoms with Crippen LogP contribution in [0.4, 0.5) is 0 Å². The Labute approximate surface area is 185 Å². The van der Waals surface area contributed by atoms with Gasteiger partial charge >= 0.3 is 0 Å². The Bertz CT molecular complexity index is 705. The minimum atomic E-state index is -0.175. The zero-order valence-corrected chi connectivity index (χ0v) is 20.3. The van der Waals surface area contributed by atoms with E-state index in [2.05, 4.69) is 53.7 Å². The van der Waals surface area contributed by atoms with Crippen molar-refractivity contribution in [1.29, 1.82) is 0 Å². The van der Waals surface area contributed by atoms with Crippen molar-refractivity contribution >= 4 is 0 Å². The van der Waals surface area contributed by atoms with Crippen LogP contribution in [0.2, 0.25) is 0 Å². The average Bonchev–Trinajstić information content (AvgIpc) is 3.05. The topological polar surface area (TPSA) is 40.5 Å². The Morgan fingerprint density at radius 1 is 0.967 bits per heavy atom. The van der Waals surface area contributed by atoms with Gasteiger partial charge in [0.25, 0.3) is 0 Å². The molecule has 0 radical (unpaired) electrons. The van der Waals surface area contributed by atoms with Gasteiger partial charge in [0.1, 0.15) is 0 Å². The summed E-state index contributed by atoms with van der Waals surface area (Å²) in [6.07, 6.45) is 13.8. The summed E-state index contributed by atoms with van der Waals surface area (Å²) in [6.45, 7) is 14.2. The molecule has 2 nitrogen and oxygen atoms in total. The van der Waals surface area contributed by atoms with E-state index >= 15 is 0 Å². The van der Waals surface area contributed by atoms with Crippen LogP contribution in [0.5, 0.6) is 0 Å². The summed E-state index contributed by atoms with van der Waals surface area (Å²) in [7, 11) is 0. The van der Waals surface area contributed by atoms with Crippen LogP contribution in [-0.2, 0) is 0 Å².